The number of ether oxygens (including phenoxy) is 1. The smallest absolute Gasteiger partial charge is 0.409 e. The van der Waals surface area contributed by atoms with Crippen LogP contribution in [-0.2, 0) is 11.8 Å². The molecule has 24 heavy (non-hydrogen) atoms. The lowest BCUT2D eigenvalue weighted by atomic mass is 9.64. The van der Waals surface area contributed by atoms with Gasteiger partial charge in [0.2, 0.25) is 0 Å². The van der Waals surface area contributed by atoms with Crippen molar-refractivity contribution in [3.05, 3.63) is 18.2 Å². The minimum Gasteiger partial charge on any atom is -0.453 e. The second-order valence-corrected chi connectivity index (χ2v) is 7.91. The number of carbonyl (C=O) groups is 1. The SMILES string of the molecule is COC(=O)N1CCC2(CC(N3CCC(c4nccn4C)CC3)C2)C1. The first-order valence-electron chi connectivity index (χ1n) is 9.14. The summed E-state index contributed by atoms with van der Waals surface area (Å²) in [6.45, 7) is 4.11. The predicted octanol–water partition coefficient (Wildman–Crippen LogP) is 2.22. The number of methoxy groups -OCH3 is 1. The molecule has 6 nitrogen and oxygen atoms in total. The predicted molar refractivity (Wildman–Crippen MR) is 90.8 cm³/mol. The Morgan fingerprint density at radius 1 is 1.29 bits per heavy atom. The fraction of sp³-hybridized carbons (Fsp3) is 0.778. The second kappa shape index (κ2) is 6.06. The van der Waals surface area contributed by atoms with E-state index in [1.54, 1.807) is 0 Å². The Bertz CT molecular complexity index is 600. The van der Waals surface area contributed by atoms with Crippen LogP contribution in [0.3, 0.4) is 0 Å². The molecule has 0 unspecified atom stereocenters. The highest BCUT2D eigenvalue weighted by Gasteiger charge is 2.51. The molecule has 1 saturated carbocycles. The van der Waals surface area contributed by atoms with Crippen LogP contribution in [0.2, 0.25) is 0 Å². The Labute approximate surface area is 143 Å². The van der Waals surface area contributed by atoms with E-state index in [9.17, 15) is 4.79 Å². The fourth-order valence-corrected chi connectivity index (χ4v) is 5.04. The van der Waals surface area contributed by atoms with Gasteiger partial charge in [0.25, 0.3) is 0 Å². The number of hydrogen-bond donors (Lipinski definition) is 0. The van der Waals surface area contributed by atoms with Crippen LogP contribution >= 0.6 is 0 Å². The molecule has 0 atom stereocenters. The Morgan fingerprint density at radius 2 is 2.04 bits per heavy atom. The summed E-state index contributed by atoms with van der Waals surface area (Å²) >= 11 is 0. The molecule has 0 N–H and O–H groups in total. The van der Waals surface area contributed by atoms with Crippen molar-refractivity contribution in [1.82, 2.24) is 19.4 Å². The number of nitrogens with zero attached hydrogens (tertiary/aromatic N) is 4. The number of imidazole rings is 1. The van der Waals surface area contributed by atoms with Gasteiger partial charge in [0.1, 0.15) is 5.82 Å². The Morgan fingerprint density at radius 3 is 2.67 bits per heavy atom. The van der Waals surface area contributed by atoms with Crippen molar-refractivity contribution in [2.45, 2.75) is 44.1 Å². The van der Waals surface area contributed by atoms with Crippen LogP contribution in [0, 0.1) is 5.41 Å². The van der Waals surface area contributed by atoms with Gasteiger partial charge in [-0.25, -0.2) is 9.78 Å². The number of aromatic nitrogens is 2. The van der Waals surface area contributed by atoms with Crippen LogP contribution < -0.4 is 0 Å². The number of likely N-dealkylation sites (tertiary alicyclic amines) is 2. The molecule has 0 aromatic carbocycles. The molecule has 0 radical (unpaired) electrons. The van der Waals surface area contributed by atoms with Gasteiger partial charge in [-0.2, -0.15) is 0 Å². The highest BCUT2D eigenvalue weighted by Crippen LogP contribution is 2.50. The van der Waals surface area contributed by atoms with Crippen molar-refractivity contribution in [2.75, 3.05) is 33.3 Å². The molecule has 1 spiro atoms. The van der Waals surface area contributed by atoms with E-state index in [4.69, 9.17) is 4.74 Å². The van der Waals surface area contributed by atoms with Gasteiger partial charge < -0.3 is 19.1 Å². The Hall–Kier alpha value is -1.56. The third-order valence-electron chi connectivity index (χ3n) is 6.48. The Balaban J connectivity index is 1.27. The largest absolute Gasteiger partial charge is 0.453 e. The number of aryl methyl sites for hydroxylation is 1. The third kappa shape index (κ3) is 2.70. The summed E-state index contributed by atoms with van der Waals surface area (Å²) in [6.07, 6.45) is 9.84. The molecule has 1 aromatic rings. The molecule has 6 heteroatoms. The van der Waals surface area contributed by atoms with E-state index >= 15 is 0 Å². The minimum atomic E-state index is -0.161. The van der Waals surface area contributed by atoms with Gasteiger partial charge in [-0.15, -0.1) is 0 Å². The highest BCUT2D eigenvalue weighted by molar-refractivity contribution is 5.67. The van der Waals surface area contributed by atoms with Crippen molar-refractivity contribution < 1.29 is 9.53 Å². The van der Waals surface area contributed by atoms with E-state index in [1.165, 1.54) is 51.7 Å². The van der Waals surface area contributed by atoms with E-state index in [0.29, 0.717) is 17.4 Å². The van der Waals surface area contributed by atoms with Crippen LogP contribution in [0.4, 0.5) is 4.79 Å². The van der Waals surface area contributed by atoms with E-state index in [1.807, 2.05) is 17.3 Å². The first kappa shape index (κ1) is 15.9. The van der Waals surface area contributed by atoms with Crippen LogP contribution in [0.5, 0.6) is 0 Å². The topological polar surface area (TPSA) is 50.6 Å². The van der Waals surface area contributed by atoms with E-state index in [2.05, 4.69) is 21.5 Å². The number of amides is 1. The monoisotopic (exact) mass is 332 g/mol. The summed E-state index contributed by atoms with van der Waals surface area (Å²) < 4.78 is 7.03. The first-order valence-corrected chi connectivity index (χ1v) is 9.14. The molecule has 3 fully saturated rings. The summed E-state index contributed by atoms with van der Waals surface area (Å²) in [5.74, 6) is 1.85. The van der Waals surface area contributed by atoms with Crippen molar-refractivity contribution in [1.29, 1.82) is 0 Å². The lowest BCUT2D eigenvalue weighted by molar-refractivity contribution is -0.00476. The average molecular weight is 332 g/mol. The zero-order valence-electron chi connectivity index (χ0n) is 14.8. The quantitative estimate of drug-likeness (QED) is 0.833. The maximum Gasteiger partial charge on any atom is 0.409 e. The van der Waals surface area contributed by atoms with Gasteiger partial charge in [-0.05, 0) is 50.6 Å². The summed E-state index contributed by atoms with van der Waals surface area (Å²) in [5.41, 5.74) is 0.370. The van der Waals surface area contributed by atoms with Crippen molar-refractivity contribution in [2.24, 2.45) is 12.5 Å². The van der Waals surface area contributed by atoms with Gasteiger partial charge >= 0.3 is 6.09 Å². The van der Waals surface area contributed by atoms with E-state index in [-0.39, 0.29) is 6.09 Å². The molecule has 1 aliphatic carbocycles. The standard InChI is InChI=1S/C18H28N4O2/c1-20-10-6-19-16(20)14-3-7-21(8-4-14)15-11-18(12-15)5-9-22(13-18)17(23)24-2/h6,10,14-15H,3-5,7-9,11-13H2,1-2H3. The van der Waals surface area contributed by atoms with Crippen LogP contribution in [0.1, 0.15) is 43.8 Å². The lowest BCUT2D eigenvalue weighted by Gasteiger charge is -2.51. The van der Waals surface area contributed by atoms with E-state index < -0.39 is 0 Å². The number of hydrogen-bond acceptors (Lipinski definition) is 4. The lowest BCUT2D eigenvalue weighted by Crippen LogP contribution is -2.54. The number of rotatable bonds is 2. The molecule has 132 valence electrons. The zero-order chi connectivity index (χ0) is 16.7. The minimum absolute atomic E-state index is 0.161. The number of carbonyl (C=O) groups excluding carboxylic acids is 1. The van der Waals surface area contributed by atoms with Crippen molar-refractivity contribution in [3.63, 3.8) is 0 Å². The zero-order valence-corrected chi connectivity index (χ0v) is 14.8. The average Bonchev–Trinajstić information content (AvgIpc) is 3.19. The molecular weight excluding hydrogens is 304 g/mol. The normalized spacial score (nSPS) is 31.4. The number of piperidine rings is 1. The fourth-order valence-electron chi connectivity index (χ4n) is 5.04. The molecular formula is C18H28N4O2. The van der Waals surface area contributed by atoms with E-state index in [0.717, 1.165) is 19.5 Å². The summed E-state index contributed by atoms with van der Waals surface area (Å²) in [7, 11) is 3.57. The van der Waals surface area contributed by atoms with Crippen molar-refractivity contribution in [3.8, 4) is 0 Å². The second-order valence-electron chi connectivity index (χ2n) is 7.91. The molecule has 1 amide bonds. The molecule has 3 aliphatic rings. The summed E-state index contributed by atoms with van der Waals surface area (Å²) in [5, 5.41) is 0. The van der Waals surface area contributed by atoms with Gasteiger partial charge in [0, 0.05) is 44.5 Å². The first-order chi connectivity index (χ1) is 11.6. The maximum absolute atomic E-state index is 11.7. The molecule has 2 saturated heterocycles. The van der Waals surface area contributed by atoms with Crippen LogP contribution in [-0.4, -0.2) is 64.8 Å². The van der Waals surface area contributed by atoms with Crippen molar-refractivity contribution >= 4 is 6.09 Å². The molecule has 0 bridgehead atoms. The summed E-state index contributed by atoms with van der Waals surface area (Å²) in [6, 6.07) is 0.713. The Kier molecular flexibility index (Phi) is 4.03. The third-order valence-corrected chi connectivity index (χ3v) is 6.48. The molecule has 4 rings (SSSR count). The molecule has 3 heterocycles. The molecule has 1 aromatic heterocycles. The van der Waals surface area contributed by atoms with Gasteiger partial charge in [-0.3, -0.25) is 0 Å². The van der Waals surface area contributed by atoms with Gasteiger partial charge in [-0.1, -0.05) is 0 Å². The highest BCUT2D eigenvalue weighted by atomic mass is 16.5. The van der Waals surface area contributed by atoms with Gasteiger partial charge in [0.15, 0.2) is 0 Å². The van der Waals surface area contributed by atoms with Crippen LogP contribution in [0.25, 0.3) is 0 Å². The van der Waals surface area contributed by atoms with Crippen LogP contribution in [0.15, 0.2) is 12.4 Å². The molecule has 2 aliphatic heterocycles. The summed E-state index contributed by atoms with van der Waals surface area (Å²) in [4.78, 5) is 20.8. The maximum atomic E-state index is 11.7. The van der Waals surface area contributed by atoms with Gasteiger partial charge in [0.05, 0.1) is 7.11 Å².